The minimum Gasteiger partial charge on any atom is -0.379 e. The molecule has 2 rings (SSSR count). The molecule has 20 heavy (non-hydrogen) atoms. The second kappa shape index (κ2) is 5.11. The fraction of sp³-hybridized carbons (Fsp3) is 0.500. The first-order valence-electron chi connectivity index (χ1n) is 6.59. The predicted octanol–water partition coefficient (Wildman–Crippen LogP) is 2.41. The molecule has 0 bridgehead atoms. The molecule has 1 unspecified atom stereocenters. The number of hydrogen-bond acceptors (Lipinski definition) is 4. The van der Waals surface area contributed by atoms with Gasteiger partial charge in [-0.3, -0.25) is 14.9 Å². The molecule has 1 aromatic rings. The van der Waals surface area contributed by atoms with Crippen LogP contribution in [0.5, 0.6) is 0 Å². The highest BCUT2D eigenvalue weighted by molar-refractivity contribution is 5.95. The van der Waals surface area contributed by atoms with Crippen molar-refractivity contribution in [2.75, 3.05) is 18.9 Å². The Labute approximate surface area is 117 Å². The molecule has 1 atom stereocenters. The summed E-state index contributed by atoms with van der Waals surface area (Å²) in [7, 11) is 1.53. The zero-order valence-electron chi connectivity index (χ0n) is 11.9. The van der Waals surface area contributed by atoms with Gasteiger partial charge in [0.1, 0.15) is 5.69 Å². The molecule has 1 amide bonds. The summed E-state index contributed by atoms with van der Waals surface area (Å²) in [5.74, 6) is 0.264. The number of carbonyl (C=O) groups is 1. The first-order chi connectivity index (χ1) is 9.35. The second-order valence-electron chi connectivity index (χ2n) is 5.84. The summed E-state index contributed by atoms with van der Waals surface area (Å²) in [5, 5.41) is 16.6. The van der Waals surface area contributed by atoms with E-state index in [1.807, 2.05) is 0 Å². The number of nitro groups is 1. The van der Waals surface area contributed by atoms with E-state index in [0.717, 1.165) is 6.42 Å². The van der Waals surface area contributed by atoms with Crippen LogP contribution in [0.1, 0.15) is 30.6 Å². The van der Waals surface area contributed by atoms with E-state index in [2.05, 4.69) is 24.5 Å². The van der Waals surface area contributed by atoms with Crippen LogP contribution in [0.15, 0.2) is 18.2 Å². The fourth-order valence-electron chi connectivity index (χ4n) is 2.28. The van der Waals surface area contributed by atoms with Crippen molar-refractivity contribution >= 4 is 17.3 Å². The lowest BCUT2D eigenvalue weighted by Crippen LogP contribution is -2.18. The van der Waals surface area contributed by atoms with Crippen LogP contribution < -0.4 is 10.6 Å². The quantitative estimate of drug-likeness (QED) is 0.639. The van der Waals surface area contributed by atoms with E-state index < -0.39 is 4.92 Å². The van der Waals surface area contributed by atoms with Crippen molar-refractivity contribution in [1.29, 1.82) is 0 Å². The Morgan fingerprint density at radius 1 is 1.50 bits per heavy atom. The Morgan fingerprint density at radius 3 is 2.65 bits per heavy atom. The van der Waals surface area contributed by atoms with E-state index in [0.29, 0.717) is 29.1 Å². The Balaban J connectivity index is 2.18. The van der Waals surface area contributed by atoms with Crippen molar-refractivity contribution in [3.63, 3.8) is 0 Å². The van der Waals surface area contributed by atoms with Gasteiger partial charge in [0.05, 0.1) is 4.92 Å². The van der Waals surface area contributed by atoms with Crippen molar-refractivity contribution in [2.45, 2.75) is 20.3 Å². The minimum atomic E-state index is -0.437. The van der Waals surface area contributed by atoms with E-state index >= 15 is 0 Å². The molecule has 0 spiro atoms. The average molecular weight is 277 g/mol. The lowest BCUT2D eigenvalue weighted by atomic mass is 10.1. The molecule has 1 saturated carbocycles. The Hall–Kier alpha value is -2.11. The maximum absolute atomic E-state index is 11.6. The van der Waals surface area contributed by atoms with Gasteiger partial charge in [0.25, 0.3) is 11.6 Å². The maximum atomic E-state index is 11.6. The van der Waals surface area contributed by atoms with Gasteiger partial charge in [-0.25, -0.2) is 0 Å². The summed E-state index contributed by atoms with van der Waals surface area (Å²) in [6.45, 7) is 5.04. The van der Waals surface area contributed by atoms with E-state index in [1.165, 1.54) is 25.2 Å². The average Bonchev–Trinajstić information content (AvgIpc) is 3.02. The largest absolute Gasteiger partial charge is 0.379 e. The van der Waals surface area contributed by atoms with E-state index in [-0.39, 0.29) is 11.6 Å². The number of amides is 1. The highest BCUT2D eigenvalue weighted by Crippen LogP contribution is 2.51. The molecule has 1 aliphatic rings. The summed E-state index contributed by atoms with van der Waals surface area (Å²) in [4.78, 5) is 22.2. The Morgan fingerprint density at radius 2 is 2.15 bits per heavy atom. The number of hydrogen-bond donors (Lipinski definition) is 2. The number of benzene rings is 1. The highest BCUT2D eigenvalue weighted by Gasteiger charge is 2.45. The summed E-state index contributed by atoms with van der Waals surface area (Å²) in [5.41, 5.74) is 1.12. The number of nitrogens with one attached hydrogen (secondary N) is 2. The van der Waals surface area contributed by atoms with E-state index in [4.69, 9.17) is 0 Å². The van der Waals surface area contributed by atoms with Crippen molar-refractivity contribution in [3.8, 4) is 0 Å². The predicted molar refractivity (Wildman–Crippen MR) is 76.9 cm³/mol. The summed E-state index contributed by atoms with van der Waals surface area (Å²) in [6, 6.07) is 4.36. The molecule has 0 heterocycles. The van der Waals surface area contributed by atoms with Crippen LogP contribution in [0.3, 0.4) is 0 Å². The third-order valence-electron chi connectivity index (χ3n) is 3.94. The summed E-state index contributed by atoms with van der Waals surface area (Å²) in [6.07, 6.45) is 1.11. The first kappa shape index (κ1) is 14.3. The van der Waals surface area contributed by atoms with Gasteiger partial charge < -0.3 is 10.6 Å². The molecule has 6 nitrogen and oxygen atoms in total. The smallest absolute Gasteiger partial charge is 0.292 e. The molecule has 2 N–H and O–H groups in total. The van der Waals surface area contributed by atoms with Crippen molar-refractivity contribution < 1.29 is 9.72 Å². The van der Waals surface area contributed by atoms with Gasteiger partial charge in [0, 0.05) is 25.2 Å². The van der Waals surface area contributed by atoms with Crippen LogP contribution in [0, 0.1) is 21.4 Å². The Bertz CT molecular complexity index is 555. The van der Waals surface area contributed by atoms with Crippen LogP contribution in [0.25, 0.3) is 0 Å². The highest BCUT2D eigenvalue weighted by atomic mass is 16.6. The molecule has 108 valence electrons. The Kier molecular flexibility index (Phi) is 3.65. The van der Waals surface area contributed by atoms with Gasteiger partial charge in [-0.2, -0.15) is 0 Å². The third kappa shape index (κ3) is 2.89. The van der Waals surface area contributed by atoms with Gasteiger partial charge in [0.2, 0.25) is 0 Å². The standard InChI is InChI=1S/C14H19N3O3/c1-14(2)7-10(14)8-16-11-6-9(13(18)15-3)4-5-12(11)17(19)20/h4-6,10,16H,7-8H2,1-3H3,(H,15,18). The van der Waals surface area contributed by atoms with Gasteiger partial charge in [0.15, 0.2) is 0 Å². The first-order valence-corrected chi connectivity index (χ1v) is 6.59. The molecule has 0 saturated heterocycles. The monoisotopic (exact) mass is 277 g/mol. The number of rotatable bonds is 5. The molecule has 1 aromatic carbocycles. The van der Waals surface area contributed by atoms with Gasteiger partial charge in [-0.1, -0.05) is 13.8 Å². The zero-order valence-corrected chi connectivity index (χ0v) is 11.9. The molecule has 1 aliphatic carbocycles. The molecular weight excluding hydrogens is 258 g/mol. The number of anilines is 1. The van der Waals surface area contributed by atoms with Crippen LogP contribution in [0.2, 0.25) is 0 Å². The second-order valence-corrected chi connectivity index (χ2v) is 5.84. The number of nitro benzene ring substituents is 1. The lowest BCUT2D eigenvalue weighted by Gasteiger charge is -2.10. The van der Waals surface area contributed by atoms with Crippen molar-refractivity contribution in [2.24, 2.45) is 11.3 Å². The number of carbonyl (C=O) groups excluding carboxylic acids is 1. The van der Waals surface area contributed by atoms with E-state index in [9.17, 15) is 14.9 Å². The van der Waals surface area contributed by atoms with Gasteiger partial charge in [-0.05, 0) is 29.9 Å². The van der Waals surface area contributed by atoms with Crippen molar-refractivity contribution in [3.05, 3.63) is 33.9 Å². The molecule has 1 fully saturated rings. The van der Waals surface area contributed by atoms with Crippen LogP contribution >= 0.6 is 0 Å². The van der Waals surface area contributed by atoms with Crippen LogP contribution in [-0.2, 0) is 0 Å². The van der Waals surface area contributed by atoms with E-state index in [1.54, 1.807) is 0 Å². The van der Waals surface area contributed by atoms with Gasteiger partial charge >= 0.3 is 0 Å². The molecule has 6 heteroatoms. The molecule has 0 radical (unpaired) electrons. The maximum Gasteiger partial charge on any atom is 0.292 e. The lowest BCUT2D eigenvalue weighted by molar-refractivity contribution is -0.384. The summed E-state index contributed by atoms with van der Waals surface area (Å²) < 4.78 is 0. The fourth-order valence-corrected chi connectivity index (χ4v) is 2.28. The molecule has 0 aliphatic heterocycles. The number of nitrogens with zero attached hydrogens (tertiary/aromatic N) is 1. The van der Waals surface area contributed by atoms with Crippen LogP contribution in [0.4, 0.5) is 11.4 Å². The topological polar surface area (TPSA) is 84.3 Å². The van der Waals surface area contributed by atoms with Gasteiger partial charge in [-0.15, -0.1) is 0 Å². The normalized spacial score (nSPS) is 19.2. The van der Waals surface area contributed by atoms with Crippen LogP contribution in [-0.4, -0.2) is 24.4 Å². The SMILES string of the molecule is CNC(=O)c1ccc([N+](=O)[O-])c(NCC2CC2(C)C)c1. The molecular formula is C14H19N3O3. The zero-order chi connectivity index (χ0) is 14.9. The third-order valence-corrected chi connectivity index (χ3v) is 3.94. The minimum absolute atomic E-state index is 0.00360. The molecule has 0 aromatic heterocycles. The summed E-state index contributed by atoms with van der Waals surface area (Å²) >= 11 is 0. The van der Waals surface area contributed by atoms with Crippen molar-refractivity contribution in [1.82, 2.24) is 5.32 Å².